The molecule has 2 rings (SSSR count). The van der Waals surface area contributed by atoms with Gasteiger partial charge in [0.15, 0.2) is 0 Å². The van der Waals surface area contributed by atoms with Crippen molar-refractivity contribution >= 4 is 11.6 Å². The van der Waals surface area contributed by atoms with Gasteiger partial charge in [0.1, 0.15) is 0 Å². The molecule has 1 heterocycles. The number of hydrogen-bond donors (Lipinski definition) is 0. The minimum Gasteiger partial charge on any atom is -0.276 e. The molecule has 0 atom stereocenters. The topological polar surface area (TPSA) is 17.8 Å². The normalized spacial score (nSPS) is 20.1. The molecule has 78 valence electrons. The van der Waals surface area contributed by atoms with Crippen LogP contribution in [0.2, 0.25) is 0 Å². The van der Waals surface area contributed by atoms with Crippen LogP contribution in [0.25, 0.3) is 0 Å². The Morgan fingerprint density at radius 1 is 1.50 bits per heavy atom. The fraction of sp³-hybridized carbons (Fsp3) is 0.727. The molecule has 1 saturated carbocycles. The maximum absolute atomic E-state index is 6.09. The van der Waals surface area contributed by atoms with Crippen LogP contribution in [0.4, 0.5) is 0 Å². The van der Waals surface area contributed by atoms with E-state index in [1.165, 1.54) is 31.2 Å². The highest BCUT2D eigenvalue weighted by Gasteiger charge is 2.33. The number of aryl methyl sites for hydroxylation is 1. The van der Waals surface area contributed by atoms with Crippen LogP contribution in [0.15, 0.2) is 12.4 Å². The predicted octanol–water partition coefficient (Wildman–Crippen LogP) is 2.76. The van der Waals surface area contributed by atoms with Crippen molar-refractivity contribution in [2.24, 2.45) is 12.5 Å². The van der Waals surface area contributed by atoms with Crippen LogP contribution in [0.5, 0.6) is 0 Å². The minimum absolute atomic E-state index is 0.366. The summed E-state index contributed by atoms with van der Waals surface area (Å²) < 4.78 is 1.87. The monoisotopic (exact) mass is 212 g/mol. The SMILES string of the molecule is Cn1cc(CC2(CCl)CCCC2)cn1. The smallest absolute Gasteiger partial charge is 0.0521 e. The van der Waals surface area contributed by atoms with Crippen molar-refractivity contribution in [3.63, 3.8) is 0 Å². The molecule has 1 aromatic rings. The van der Waals surface area contributed by atoms with E-state index in [0.29, 0.717) is 5.41 Å². The Hall–Kier alpha value is -0.500. The van der Waals surface area contributed by atoms with Crippen molar-refractivity contribution in [3.8, 4) is 0 Å². The summed E-state index contributed by atoms with van der Waals surface area (Å²) in [5.74, 6) is 0.794. The largest absolute Gasteiger partial charge is 0.276 e. The first-order valence-corrected chi connectivity index (χ1v) is 5.81. The fourth-order valence-electron chi connectivity index (χ4n) is 2.48. The van der Waals surface area contributed by atoms with Crippen LogP contribution in [0.3, 0.4) is 0 Å². The lowest BCUT2D eigenvalue weighted by Crippen LogP contribution is -2.21. The van der Waals surface area contributed by atoms with Crippen molar-refractivity contribution in [1.82, 2.24) is 9.78 Å². The summed E-state index contributed by atoms with van der Waals surface area (Å²) in [5, 5.41) is 4.20. The number of nitrogens with zero attached hydrogens (tertiary/aromatic N) is 2. The first-order chi connectivity index (χ1) is 6.74. The van der Waals surface area contributed by atoms with Gasteiger partial charge >= 0.3 is 0 Å². The molecule has 0 radical (unpaired) electrons. The molecule has 0 N–H and O–H groups in total. The maximum Gasteiger partial charge on any atom is 0.0521 e. The van der Waals surface area contributed by atoms with Gasteiger partial charge in [-0.15, -0.1) is 11.6 Å². The molecule has 3 heteroatoms. The summed E-state index contributed by atoms with van der Waals surface area (Å²) in [5.41, 5.74) is 1.69. The molecule has 0 saturated heterocycles. The lowest BCUT2D eigenvalue weighted by molar-refractivity contribution is 0.341. The van der Waals surface area contributed by atoms with E-state index in [-0.39, 0.29) is 0 Å². The molecule has 14 heavy (non-hydrogen) atoms. The highest BCUT2D eigenvalue weighted by Crippen LogP contribution is 2.41. The van der Waals surface area contributed by atoms with Gasteiger partial charge in [-0.1, -0.05) is 12.8 Å². The van der Waals surface area contributed by atoms with Crippen molar-refractivity contribution < 1.29 is 0 Å². The zero-order valence-corrected chi connectivity index (χ0v) is 9.43. The molecule has 0 unspecified atom stereocenters. The van der Waals surface area contributed by atoms with Gasteiger partial charge in [-0.05, 0) is 30.2 Å². The predicted molar refractivity (Wildman–Crippen MR) is 58.5 cm³/mol. The number of aromatic nitrogens is 2. The third-order valence-corrected chi connectivity index (χ3v) is 3.85. The molecule has 0 aliphatic heterocycles. The van der Waals surface area contributed by atoms with Gasteiger partial charge in [-0.3, -0.25) is 4.68 Å². The van der Waals surface area contributed by atoms with Gasteiger partial charge in [0.05, 0.1) is 6.20 Å². The summed E-state index contributed by atoms with van der Waals surface area (Å²) in [6.45, 7) is 0. The Morgan fingerprint density at radius 3 is 2.71 bits per heavy atom. The van der Waals surface area contributed by atoms with Crippen LogP contribution in [0, 0.1) is 5.41 Å². The van der Waals surface area contributed by atoms with E-state index in [2.05, 4.69) is 11.3 Å². The Kier molecular flexibility index (Phi) is 2.82. The van der Waals surface area contributed by atoms with Crippen molar-refractivity contribution in [3.05, 3.63) is 18.0 Å². The summed E-state index contributed by atoms with van der Waals surface area (Å²) in [7, 11) is 1.96. The van der Waals surface area contributed by atoms with Crippen molar-refractivity contribution in [2.75, 3.05) is 5.88 Å². The lowest BCUT2D eigenvalue weighted by Gasteiger charge is -2.25. The second-order valence-electron chi connectivity index (χ2n) is 4.54. The van der Waals surface area contributed by atoms with Crippen LogP contribution in [0.1, 0.15) is 31.2 Å². The minimum atomic E-state index is 0.366. The standard InChI is InChI=1S/C11H17ClN2/c1-14-8-10(7-13-14)6-11(9-12)4-2-3-5-11/h7-8H,2-6,9H2,1H3. The number of rotatable bonds is 3. The summed E-state index contributed by atoms with van der Waals surface area (Å²) in [4.78, 5) is 0. The quantitative estimate of drug-likeness (QED) is 0.705. The fourth-order valence-corrected chi connectivity index (χ4v) is 2.84. The third-order valence-electron chi connectivity index (χ3n) is 3.29. The number of halogens is 1. The van der Waals surface area contributed by atoms with Gasteiger partial charge in [0, 0.05) is 19.1 Å². The van der Waals surface area contributed by atoms with Crippen LogP contribution in [-0.4, -0.2) is 15.7 Å². The Balaban J connectivity index is 2.08. The molecule has 1 fully saturated rings. The molecular formula is C11H17ClN2. The van der Waals surface area contributed by atoms with Crippen LogP contribution >= 0.6 is 11.6 Å². The van der Waals surface area contributed by atoms with E-state index in [1.54, 1.807) is 0 Å². The van der Waals surface area contributed by atoms with Gasteiger partial charge in [0.25, 0.3) is 0 Å². The highest BCUT2D eigenvalue weighted by atomic mass is 35.5. The van der Waals surface area contributed by atoms with Gasteiger partial charge in [0.2, 0.25) is 0 Å². The molecule has 2 nitrogen and oxygen atoms in total. The first-order valence-electron chi connectivity index (χ1n) is 5.28. The second-order valence-corrected chi connectivity index (χ2v) is 4.81. The summed E-state index contributed by atoms with van der Waals surface area (Å²) in [6.07, 6.45) is 10.4. The summed E-state index contributed by atoms with van der Waals surface area (Å²) in [6, 6.07) is 0. The Labute approximate surface area is 90.3 Å². The van der Waals surface area contributed by atoms with E-state index >= 15 is 0 Å². The maximum atomic E-state index is 6.09. The van der Waals surface area contributed by atoms with E-state index in [1.807, 2.05) is 17.9 Å². The molecule has 1 aliphatic carbocycles. The molecular weight excluding hydrogens is 196 g/mol. The first kappa shape index (κ1) is 10.0. The zero-order chi connectivity index (χ0) is 10.0. The lowest BCUT2D eigenvalue weighted by atomic mass is 9.83. The molecule has 0 bridgehead atoms. The Morgan fingerprint density at radius 2 is 2.21 bits per heavy atom. The molecule has 1 aromatic heterocycles. The van der Waals surface area contributed by atoms with E-state index in [9.17, 15) is 0 Å². The number of alkyl halides is 1. The van der Waals surface area contributed by atoms with Gasteiger partial charge in [-0.25, -0.2) is 0 Å². The van der Waals surface area contributed by atoms with Crippen molar-refractivity contribution in [2.45, 2.75) is 32.1 Å². The number of hydrogen-bond acceptors (Lipinski definition) is 1. The van der Waals surface area contributed by atoms with E-state index in [4.69, 9.17) is 11.6 Å². The second kappa shape index (κ2) is 3.93. The average molecular weight is 213 g/mol. The van der Waals surface area contributed by atoms with E-state index in [0.717, 1.165) is 12.3 Å². The zero-order valence-electron chi connectivity index (χ0n) is 8.67. The molecule has 0 spiro atoms. The van der Waals surface area contributed by atoms with Gasteiger partial charge in [-0.2, -0.15) is 5.10 Å². The molecule has 1 aliphatic rings. The Bertz CT molecular complexity index is 300. The summed E-state index contributed by atoms with van der Waals surface area (Å²) >= 11 is 6.09. The van der Waals surface area contributed by atoms with Crippen LogP contribution in [-0.2, 0) is 13.5 Å². The average Bonchev–Trinajstić information content (AvgIpc) is 2.77. The molecule has 0 aromatic carbocycles. The van der Waals surface area contributed by atoms with Crippen LogP contribution < -0.4 is 0 Å². The van der Waals surface area contributed by atoms with Crippen molar-refractivity contribution in [1.29, 1.82) is 0 Å². The molecule has 0 amide bonds. The van der Waals surface area contributed by atoms with E-state index < -0.39 is 0 Å². The highest BCUT2D eigenvalue weighted by molar-refractivity contribution is 6.18. The van der Waals surface area contributed by atoms with Gasteiger partial charge < -0.3 is 0 Å². The third kappa shape index (κ3) is 1.95.